The summed E-state index contributed by atoms with van der Waals surface area (Å²) in [4.78, 5) is 24.2. The number of nitrogens with one attached hydrogen (secondary N) is 1. The van der Waals surface area contributed by atoms with E-state index in [1.165, 1.54) is 28.6 Å². The number of benzene rings is 1. The zero-order valence-corrected chi connectivity index (χ0v) is 18.2. The number of hydrogen-bond acceptors (Lipinski definition) is 7. The number of hydrogen-bond donors (Lipinski definition) is 1. The highest BCUT2D eigenvalue weighted by Gasteiger charge is 2.34. The first kappa shape index (κ1) is 22.8. The van der Waals surface area contributed by atoms with Gasteiger partial charge in [-0.2, -0.15) is 9.57 Å². The number of halogens is 1. The van der Waals surface area contributed by atoms with Crippen LogP contribution >= 0.6 is 11.6 Å². The van der Waals surface area contributed by atoms with Crippen molar-refractivity contribution in [3.05, 3.63) is 46.7 Å². The normalized spacial score (nSPS) is 15.3. The molecule has 2 aromatic rings. The third-order valence-electron chi connectivity index (χ3n) is 4.83. The first-order valence-electron chi connectivity index (χ1n) is 9.54. The first-order valence-corrected chi connectivity index (χ1v) is 11.4. The minimum absolute atomic E-state index is 0.129. The van der Waals surface area contributed by atoms with Crippen LogP contribution in [0.5, 0.6) is 0 Å². The Morgan fingerprint density at radius 1 is 1.29 bits per heavy atom. The van der Waals surface area contributed by atoms with Gasteiger partial charge in [0, 0.05) is 24.7 Å². The van der Waals surface area contributed by atoms with Crippen molar-refractivity contribution >= 4 is 39.2 Å². The van der Waals surface area contributed by atoms with E-state index in [1.807, 2.05) is 6.07 Å². The number of amides is 1. The van der Waals surface area contributed by atoms with Crippen LogP contribution in [0.2, 0.25) is 5.02 Å². The molecule has 1 saturated heterocycles. The number of carbonyl (C=O) groups excluding carboxylic acids is 2. The molecule has 1 amide bonds. The van der Waals surface area contributed by atoms with Crippen LogP contribution in [0, 0.1) is 17.2 Å². The number of nitrogens with zero attached hydrogens (tertiary/aromatic N) is 2. The fourth-order valence-electron chi connectivity index (χ4n) is 3.18. The molecule has 1 fully saturated rings. The summed E-state index contributed by atoms with van der Waals surface area (Å²) in [6, 6.07) is 9.01. The van der Waals surface area contributed by atoms with Crippen LogP contribution < -0.4 is 5.32 Å². The van der Waals surface area contributed by atoms with Gasteiger partial charge in [0.2, 0.25) is 16.8 Å². The van der Waals surface area contributed by atoms with Crippen molar-refractivity contribution < 1.29 is 27.2 Å². The van der Waals surface area contributed by atoms with E-state index in [-0.39, 0.29) is 47.4 Å². The molecule has 9 nitrogen and oxygen atoms in total. The number of sulfonamides is 1. The first-order chi connectivity index (χ1) is 14.8. The van der Waals surface area contributed by atoms with Gasteiger partial charge in [0.1, 0.15) is 6.07 Å². The summed E-state index contributed by atoms with van der Waals surface area (Å²) in [6.07, 6.45) is 0.640. The van der Waals surface area contributed by atoms with Gasteiger partial charge in [-0.05, 0) is 50.1 Å². The Morgan fingerprint density at radius 2 is 2.00 bits per heavy atom. The van der Waals surface area contributed by atoms with E-state index >= 15 is 0 Å². The van der Waals surface area contributed by atoms with Gasteiger partial charge in [-0.3, -0.25) is 4.79 Å². The summed E-state index contributed by atoms with van der Waals surface area (Å²) in [5.74, 6) is -1.55. The standard InChI is InChI=1S/C20H20ClN3O6S/c1-2-29-20(26)17-5-6-18(30-17)31(27,28)24-9-7-13(8-10-24)19(25)23-15-4-3-14(12-22)16(21)11-15/h3-6,11,13H,2,7-10H2,1H3,(H,23,25). The van der Waals surface area contributed by atoms with Gasteiger partial charge in [-0.25, -0.2) is 13.2 Å². The molecular weight excluding hydrogens is 446 g/mol. The van der Waals surface area contributed by atoms with Gasteiger partial charge in [-0.15, -0.1) is 0 Å². The minimum atomic E-state index is -3.93. The molecule has 0 unspecified atom stereocenters. The molecule has 1 aromatic heterocycles. The maximum Gasteiger partial charge on any atom is 0.374 e. The van der Waals surface area contributed by atoms with Gasteiger partial charge in [0.15, 0.2) is 0 Å². The molecule has 1 aliphatic rings. The second kappa shape index (κ2) is 9.51. The van der Waals surface area contributed by atoms with E-state index < -0.39 is 16.0 Å². The van der Waals surface area contributed by atoms with E-state index in [4.69, 9.17) is 26.0 Å². The molecule has 1 aromatic carbocycles. The van der Waals surface area contributed by atoms with Crippen LogP contribution in [-0.4, -0.2) is 44.3 Å². The number of piperidine rings is 1. The number of anilines is 1. The van der Waals surface area contributed by atoms with Crippen molar-refractivity contribution in [1.29, 1.82) is 5.26 Å². The Bertz CT molecular complexity index is 1130. The van der Waals surface area contributed by atoms with Crippen molar-refractivity contribution in [1.82, 2.24) is 4.31 Å². The van der Waals surface area contributed by atoms with E-state index in [1.54, 1.807) is 13.0 Å². The predicted octanol–water partition coefficient (Wildman–Crippen LogP) is 3.02. The molecule has 0 atom stereocenters. The molecule has 164 valence electrons. The fraction of sp³-hybridized carbons (Fsp3) is 0.350. The molecule has 0 aliphatic carbocycles. The number of esters is 1. The summed E-state index contributed by atoms with van der Waals surface area (Å²) in [5.41, 5.74) is 0.772. The van der Waals surface area contributed by atoms with Crippen LogP contribution in [0.1, 0.15) is 35.9 Å². The van der Waals surface area contributed by atoms with E-state index in [2.05, 4.69) is 5.32 Å². The predicted molar refractivity (Wildman–Crippen MR) is 111 cm³/mol. The average Bonchev–Trinajstić information content (AvgIpc) is 3.25. The lowest BCUT2D eigenvalue weighted by Crippen LogP contribution is -2.41. The average molecular weight is 466 g/mol. The largest absolute Gasteiger partial charge is 0.460 e. The maximum atomic E-state index is 12.8. The van der Waals surface area contributed by atoms with Crippen molar-refractivity contribution in [2.45, 2.75) is 24.9 Å². The molecule has 2 heterocycles. The molecule has 11 heteroatoms. The number of furan rings is 1. The zero-order valence-electron chi connectivity index (χ0n) is 16.6. The number of carbonyl (C=O) groups is 2. The monoisotopic (exact) mass is 465 g/mol. The molecule has 0 saturated carbocycles. The van der Waals surface area contributed by atoms with Crippen molar-refractivity contribution in [2.75, 3.05) is 25.0 Å². The molecule has 1 aliphatic heterocycles. The Hall–Kier alpha value is -2.87. The van der Waals surface area contributed by atoms with Crippen LogP contribution in [0.3, 0.4) is 0 Å². The van der Waals surface area contributed by atoms with Crippen LogP contribution in [-0.2, 0) is 19.6 Å². The summed E-state index contributed by atoms with van der Waals surface area (Å²) in [7, 11) is -3.93. The number of nitriles is 1. The quantitative estimate of drug-likeness (QED) is 0.649. The third kappa shape index (κ3) is 5.07. The van der Waals surface area contributed by atoms with Crippen LogP contribution in [0.4, 0.5) is 5.69 Å². The van der Waals surface area contributed by atoms with E-state index in [9.17, 15) is 18.0 Å². The summed E-state index contributed by atoms with van der Waals surface area (Å²) >= 11 is 5.98. The van der Waals surface area contributed by atoms with Gasteiger partial charge in [-0.1, -0.05) is 11.6 Å². The summed E-state index contributed by atoms with van der Waals surface area (Å²) < 4.78 is 36.8. The fourth-order valence-corrected chi connectivity index (χ4v) is 4.79. The molecular formula is C20H20ClN3O6S. The molecule has 1 N–H and O–H groups in total. The molecule has 0 radical (unpaired) electrons. The van der Waals surface area contributed by atoms with Gasteiger partial charge in [0.05, 0.1) is 17.2 Å². The lowest BCUT2D eigenvalue weighted by atomic mass is 9.97. The number of ether oxygens (including phenoxy) is 1. The smallest absolute Gasteiger partial charge is 0.374 e. The van der Waals surface area contributed by atoms with Crippen molar-refractivity contribution in [3.63, 3.8) is 0 Å². The Kier molecular flexibility index (Phi) is 7.00. The molecule has 31 heavy (non-hydrogen) atoms. The Balaban J connectivity index is 1.61. The lowest BCUT2D eigenvalue weighted by Gasteiger charge is -2.29. The minimum Gasteiger partial charge on any atom is -0.460 e. The highest BCUT2D eigenvalue weighted by molar-refractivity contribution is 7.89. The number of rotatable bonds is 6. The summed E-state index contributed by atoms with van der Waals surface area (Å²) in [6.45, 7) is 2.04. The maximum absolute atomic E-state index is 12.8. The SMILES string of the molecule is CCOC(=O)c1ccc(S(=O)(=O)N2CCC(C(=O)Nc3ccc(C#N)c(Cl)c3)CC2)o1. The second-order valence-corrected chi connectivity index (χ2v) is 9.09. The van der Waals surface area contributed by atoms with Crippen LogP contribution in [0.25, 0.3) is 0 Å². The van der Waals surface area contributed by atoms with E-state index in [0.29, 0.717) is 24.1 Å². The van der Waals surface area contributed by atoms with Crippen LogP contribution in [0.15, 0.2) is 39.8 Å². The second-order valence-electron chi connectivity index (χ2n) is 6.81. The van der Waals surface area contributed by atoms with Gasteiger partial charge in [0.25, 0.3) is 10.0 Å². The lowest BCUT2D eigenvalue weighted by molar-refractivity contribution is -0.120. The van der Waals surface area contributed by atoms with Crippen molar-refractivity contribution in [3.8, 4) is 6.07 Å². The zero-order chi connectivity index (χ0) is 22.6. The Labute approximate surface area is 184 Å². The van der Waals surface area contributed by atoms with E-state index in [0.717, 1.165) is 0 Å². The highest BCUT2D eigenvalue weighted by atomic mass is 35.5. The highest BCUT2D eigenvalue weighted by Crippen LogP contribution is 2.27. The molecule has 0 bridgehead atoms. The van der Waals surface area contributed by atoms with Gasteiger partial charge < -0.3 is 14.5 Å². The van der Waals surface area contributed by atoms with Gasteiger partial charge >= 0.3 is 5.97 Å². The molecule has 0 spiro atoms. The topological polar surface area (TPSA) is 130 Å². The Morgan fingerprint density at radius 3 is 2.61 bits per heavy atom. The summed E-state index contributed by atoms with van der Waals surface area (Å²) in [5, 5.41) is 11.6. The molecule has 3 rings (SSSR count). The van der Waals surface area contributed by atoms with Crippen molar-refractivity contribution in [2.24, 2.45) is 5.92 Å². The third-order valence-corrected chi connectivity index (χ3v) is 6.92.